The fourth-order valence-corrected chi connectivity index (χ4v) is 2.39. The first kappa shape index (κ1) is 15.4. The summed E-state index contributed by atoms with van der Waals surface area (Å²) in [5.74, 6) is 0.576. The molecule has 0 aliphatic carbocycles. The number of hydrogen-bond acceptors (Lipinski definition) is 2. The van der Waals surface area contributed by atoms with Gasteiger partial charge in [-0.15, -0.1) is 11.3 Å². The van der Waals surface area contributed by atoms with Gasteiger partial charge in [0.1, 0.15) is 0 Å². The van der Waals surface area contributed by atoms with Crippen LogP contribution >= 0.6 is 11.3 Å². The highest BCUT2D eigenvalue weighted by atomic mass is 32.1. The van der Waals surface area contributed by atoms with Crippen LogP contribution in [0, 0.1) is 12.8 Å². The monoisotopic (exact) mass is 271 g/mol. The van der Waals surface area contributed by atoms with Crippen LogP contribution in [-0.4, -0.2) is 6.21 Å². The molecule has 0 aliphatic heterocycles. The summed E-state index contributed by atoms with van der Waals surface area (Å²) in [6.45, 7) is 9.87. The summed E-state index contributed by atoms with van der Waals surface area (Å²) in [5, 5.41) is 3.59. The Morgan fingerprint density at radius 3 is 2.63 bits per heavy atom. The Hall–Kier alpha value is -1.67. The van der Waals surface area contributed by atoms with Gasteiger partial charge in [0.25, 0.3) is 0 Å². The lowest BCUT2D eigenvalue weighted by Gasteiger charge is -1.87. The third-order valence-electron chi connectivity index (χ3n) is 2.42. The number of hydrogen-bond donors (Lipinski definition) is 0. The summed E-state index contributed by atoms with van der Waals surface area (Å²) in [7, 11) is 0. The minimum atomic E-state index is 0.576. The Morgan fingerprint density at radius 2 is 2.00 bits per heavy atom. The minimum Gasteiger partial charge on any atom is -0.265 e. The van der Waals surface area contributed by atoms with Gasteiger partial charge in [0.05, 0.1) is 0 Å². The van der Waals surface area contributed by atoms with Gasteiger partial charge >= 0.3 is 0 Å². The van der Waals surface area contributed by atoms with Gasteiger partial charge < -0.3 is 0 Å². The van der Waals surface area contributed by atoms with Crippen molar-refractivity contribution in [1.29, 1.82) is 0 Å². The second kappa shape index (κ2) is 8.44. The van der Waals surface area contributed by atoms with E-state index in [-0.39, 0.29) is 0 Å². The first-order valence-corrected chi connectivity index (χ1v) is 7.26. The van der Waals surface area contributed by atoms with Crippen molar-refractivity contribution in [1.82, 2.24) is 0 Å². The minimum absolute atomic E-state index is 0.576. The zero-order valence-corrected chi connectivity index (χ0v) is 12.7. The van der Waals surface area contributed by atoms with Crippen LogP contribution in [-0.2, 0) is 0 Å². The Kier molecular flexibility index (Phi) is 6.83. The van der Waals surface area contributed by atoms with Gasteiger partial charge in [-0.2, -0.15) is 0 Å². The predicted molar refractivity (Wildman–Crippen MR) is 89.2 cm³/mol. The maximum atomic E-state index is 3.91. The Bertz CT molecular complexity index is 561. The molecule has 19 heavy (non-hydrogen) atoms. The summed E-state index contributed by atoms with van der Waals surface area (Å²) < 4.78 is 1.39. The predicted octanol–water partition coefficient (Wildman–Crippen LogP) is 5.62. The quantitative estimate of drug-likeness (QED) is 0.642. The zero-order chi connectivity index (χ0) is 14.1. The molecule has 1 aromatic carbocycles. The van der Waals surface area contributed by atoms with Crippen LogP contribution in [0.15, 0.2) is 59.6 Å². The van der Waals surface area contributed by atoms with Gasteiger partial charge in [-0.05, 0) is 35.2 Å². The van der Waals surface area contributed by atoms with Crippen LogP contribution in [0.5, 0.6) is 0 Å². The van der Waals surface area contributed by atoms with Gasteiger partial charge in [0.15, 0.2) is 0 Å². The second-order valence-electron chi connectivity index (χ2n) is 4.53. The number of rotatable bonds is 3. The number of aryl methyl sites for hydroxylation is 1. The molecule has 0 fully saturated rings. The highest BCUT2D eigenvalue weighted by Crippen LogP contribution is 2.24. The lowest BCUT2D eigenvalue weighted by atomic mass is 10.2. The Balaban J connectivity index is 0.000000192. The third kappa shape index (κ3) is 5.66. The van der Waals surface area contributed by atoms with E-state index in [1.54, 1.807) is 18.5 Å². The molecule has 2 rings (SSSR count). The lowest BCUT2D eigenvalue weighted by molar-refractivity contribution is 0.829. The molecule has 0 aliphatic rings. The highest BCUT2D eigenvalue weighted by Gasteiger charge is 1.95. The average Bonchev–Trinajstić information content (AvgIpc) is 2.78. The number of fused-ring (bicyclic) bond motifs is 1. The van der Waals surface area contributed by atoms with E-state index in [0.717, 1.165) is 0 Å². The van der Waals surface area contributed by atoms with E-state index in [1.165, 1.54) is 15.6 Å². The van der Waals surface area contributed by atoms with Crippen molar-refractivity contribution >= 4 is 27.6 Å². The van der Waals surface area contributed by atoms with E-state index in [1.807, 2.05) is 17.4 Å². The second-order valence-corrected chi connectivity index (χ2v) is 5.45. The average molecular weight is 271 g/mol. The largest absolute Gasteiger partial charge is 0.265 e. The molecule has 0 unspecified atom stereocenters. The standard InChI is InChI=1S/C9H8S.C8H13N/c1-7-6-10-9-5-3-2-4-8(7)9;1-4-6-9-7-5-8(2)3/h2-6H,1H3;4-8H,1H2,2-3H3/b;7-5-,9-6?. The Labute approximate surface area is 120 Å². The number of benzene rings is 1. The molecule has 1 aromatic heterocycles. The molecule has 100 valence electrons. The van der Waals surface area contributed by atoms with E-state index in [2.05, 4.69) is 62.0 Å². The van der Waals surface area contributed by atoms with Gasteiger partial charge in [-0.25, -0.2) is 0 Å². The number of aliphatic imine (C=N–C) groups is 1. The van der Waals surface area contributed by atoms with E-state index in [0.29, 0.717) is 5.92 Å². The molecular formula is C17H21NS. The molecular weight excluding hydrogens is 250 g/mol. The van der Waals surface area contributed by atoms with Crippen molar-refractivity contribution in [3.8, 4) is 0 Å². The molecule has 0 spiro atoms. The Morgan fingerprint density at radius 1 is 1.26 bits per heavy atom. The third-order valence-corrected chi connectivity index (χ3v) is 3.50. The van der Waals surface area contributed by atoms with Crippen LogP contribution in [0.1, 0.15) is 19.4 Å². The van der Waals surface area contributed by atoms with Crippen molar-refractivity contribution in [2.45, 2.75) is 20.8 Å². The first-order chi connectivity index (χ1) is 9.15. The van der Waals surface area contributed by atoms with E-state index in [9.17, 15) is 0 Å². The topological polar surface area (TPSA) is 12.4 Å². The van der Waals surface area contributed by atoms with Crippen LogP contribution in [0.4, 0.5) is 0 Å². The highest BCUT2D eigenvalue weighted by molar-refractivity contribution is 7.17. The van der Waals surface area contributed by atoms with Crippen LogP contribution in [0.25, 0.3) is 10.1 Å². The number of nitrogens with zero attached hydrogens (tertiary/aromatic N) is 1. The summed E-state index contributed by atoms with van der Waals surface area (Å²) in [4.78, 5) is 3.91. The molecule has 0 atom stereocenters. The molecule has 0 bridgehead atoms. The zero-order valence-electron chi connectivity index (χ0n) is 11.8. The molecule has 1 nitrogen and oxygen atoms in total. The molecule has 2 heteroatoms. The van der Waals surface area contributed by atoms with E-state index < -0.39 is 0 Å². The van der Waals surface area contributed by atoms with Gasteiger partial charge in [0.2, 0.25) is 0 Å². The summed E-state index contributed by atoms with van der Waals surface area (Å²) in [5.41, 5.74) is 1.39. The summed E-state index contributed by atoms with van der Waals surface area (Å²) >= 11 is 1.81. The smallest absolute Gasteiger partial charge is 0.0345 e. The van der Waals surface area contributed by atoms with Crippen LogP contribution in [0.3, 0.4) is 0 Å². The van der Waals surface area contributed by atoms with Gasteiger partial charge in [-0.1, -0.05) is 50.8 Å². The summed E-state index contributed by atoms with van der Waals surface area (Å²) in [6, 6.07) is 8.49. The fraction of sp³-hybridized carbons (Fsp3) is 0.235. The van der Waals surface area contributed by atoms with E-state index >= 15 is 0 Å². The number of allylic oxidation sites excluding steroid dienone is 2. The van der Waals surface area contributed by atoms with Crippen molar-refractivity contribution in [3.05, 3.63) is 60.1 Å². The van der Waals surface area contributed by atoms with Crippen LogP contribution < -0.4 is 0 Å². The maximum absolute atomic E-state index is 3.91. The van der Waals surface area contributed by atoms with Crippen molar-refractivity contribution in [2.75, 3.05) is 0 Å². The first-order valence-electron chi connectivity index (χ1n) is 6.39. The van der Waals surface area contributed by atoms with Crippen LogP contribution in [0.2, 0.25) is 0 Å². The summed E-state index contributed by atoms with van der Waals surface area (Å²) in [6.07, 6.45) is 7.13. The molecule has 0 amide bonds. The normalized spacial score (nSPS) is 11.2. The molecule has 0 saturated carbocycles. The lowest BCUT2D eigenvalue weighted by Crippen LogP contribution is -1.74. The molecule has 1 heterocycles. The van der Waals surface area contributed by atoms with Gasteiger partial charge in [0, 0.05) is 17.1 Å². The van der Waals surface area contributed by atoms with E-state index in [4.69, 9.17) is 0 Å². The fourth-order valence-electron chi connectivity index (χ4n) is 1.44. The molecule has 0 N–H and O–H groups in total. The molecule has 0 radical (unpaired) electrons. The van der Waals surface area contributed by atoms with Crippen molar-refractivity contribution in [3.63, 3.8) is 0 Å². The van der Waals surface area contributed by atoms with Gasteiger partial charge in [-0.3, -0.25) is 4.99 Å². The number of thiophene rings is 1. The molecule has 0 saturated heterocycles. The maximum Gasteiger partial charge on any atom is 0.0345 e. The van der Waals surface area contributed by atoms with Crippen molar-refractivity contribution < 1.29 is 0 Å². The van der Waals surface area contributed by atoms with Crippen molar-refractivity contribution in [2.24, 2.45) is 10.9 Å². The molecule has 2 aromatic rings. The SMILES string of the molecule is C=CC=N/C=C\C(C)C.Cc1csc2ccccc12.